The fraction of sp³-hybridized carbons (Fsp3) is 0.500. The number of nitro groups is 1. The molecular formula is C14H17N3O3. The van der Waals surface area contributed by atoms with E-state index in [0.717, 1.165) is 5.56 Å². The molecule has 1 heterocycles. The van der Waals surface area contributed by atoms with E-state index in [-0.39, 0.29) is 5.69 Å². The van der Waals surface area contributed by atoms with E-state index in [4.69, 9.17) is 4.74 Å². The molecule has 1 fully saturated rings. The first-order chi connectivity index (χ1) is 9.55. The fourth-order valence-corrected chi connectivity index (χ4v) is 2.46. The number of nitro benzene ring substituents is 1. The van der Waals surface area contributed by atoms with Crippen LogP contribution in [0.4, 0.5) is 5.69 Å². The highest BCUT2D eigenvalue weighted by Crippen LogP contribution is 2.23. The molecule has 1 aliphatic rings. The minimum atomic E-state index is -0.668. The molecule has 0 bridgehead atoms. The van der Waals surface area contributed by atoms with Crippen LogP contribution in [0, 0.1) is 21.4 Å². The summed E-state index contributed by atoms with van der Waals surface area (Å²) in [6, 6.07) is 8.82. The minimum absolute atomic E-state index is 0.0600. The summed E-state index contributed by atoms with van der Waals surface area (Å²) in [5.41, 5.74) is 0.193. The van der Waals surface area contributed by atoms with Crippen LogP contribution in [0.5, 0.6) is 0 Å². The van der Waals surface area contributed by atoms with Crippen molar-refractivity contribution in [1.82, 2.24) is 4.90 Å². The summed E-state index contributed by atoms with van der Waals surface area (Å²) in [4.78, 5) is 12.5. The van der Waals surface area contributed by atoms with Crippen molar-refractivity contribution in [2.45, 2.75) is 18.9 Å². The smallest absolute Gasteiger partial charge is 0.269 e. The Morgan fingerprint density at radius 3 is 2.80 bits per heavy atom. The number of hydrogen-bond donors (Lipinski definition) is 0. The molecule has 20 heavy (non-hydrogen) atoms. The molecule has 1 aliphatic heterocycles. The molecule has 0 N–H and O–H groups in total. The number of benzene rings is 1. The van der Waals surface area contributed by atoms with E-state index in [0.29, 0.717) is 32.7 Å². The van der Waals surface area contributed by atoms with Crippen LogP contribution in [0.2, 0.25) is 0 Å². The predicted octanol–water partition coefficient (Wildman–Crippen LogP) is 1.75. The lowest BCUT2D eigenvalue weighted by molar-refractivity contribution is -0.384. The lowest BCUT2D eigenvalue weighted by Gasteiger charge is -2.38. The molecule has 0 spiro atoms. The Labute approximate surface area is 117 Å². The van der Waals surface area contributed by atoms with Crippen LogP contribution >= 0.6 is 0 Å². The third kappa shape index (κ3) is 3.13. The first-order valence-corrected chi connectivity index (χ1v) is 6.52. The maximum atomic E-state index is 10.8. The van der Waals surface area contributed by atoms with E-state index in [2.05, 4.69) is 11.0 Å². The summed E-state index contributed by atoms with van der Waals surface area (Å²) in [6.07, 6.45) is 0.463. The van der Waals surface area contributed by atoms with E-state index < -0.39 is 10.5 Å². The number of nitrogens with zero attached hydrogens (tertiary/aromatic N) is 3. The number of morpholine rings is 1. The molecule has 6 nitrogen and oxygen atoms in total. The average molecular weight is 275 g/mol. The summed E-state index contributed by atoms with van der Waals surface area (Å²) >= 11 is 0. The van der Waals surface area contributed by atoms with Crippen molar-refractivity contribution in [2.75, 3.05) is 26.3 Å². The maximum Gasteiger partial charge on any atom is 0.269 e. The van der Waals surface area contributed by atoms with Crippen LogP contribution in [0.1, 0.15) is 12.5 Å². The highest BCUT2D eigenvalue weighted by molar-refractivity contribution is 5.35. The fourth-order valence-electron chi connectivity index (χ4n) is 2.46. The SMILES string of the molecule is CC(C#N)(Cc1cccc([N+](=O)[O-])c1)N1CCOCC1. The second-order valence-corrected chi connectivity index (χ2v) is 5.09. The van der Waals surface area contributed by atoms with Gasteiger partial charge in [0.15, 0.2) is 0 Å². The molecule has 1 saturated heterocycles. The van der Waals surface area contributed by atoms with Gasteiger partial charge >= 0.3 is 0 Å². The van der Waals surface area contributed by atoms with Crippen LogP contribution < -0.4 is 0 Å². The van der Waals surface area contributed by atoms with Gasteiger partial charge in [0.2, 0.25) is 0 Å². The molecule has 0 aliphatic carbocycles. The van der Waals surface area contributed by atoms with Crippen LogP contribution in [-0.2, 0) is 11.2 Å². The zero-order chi connectivity index (χ0) is 14.6. The molecule has 0 saturated carbocycles. The molecule has 6 heteroatoms. The Balaban J connectivity index is 2.19. The largest absolute Gasteiger partial charge is 0.379 e. The first-order valence-electron chi connectivity index (χ1n) is 6.52. The molecule has 1 aromatic carbocycles. The second kappa shape index (κ2) is 5.99. The first kappa shape index (κ1) is 14.4. The van der Waals surface area contributed by atoms with Crippen molar-refractivity contribution in [2.24, 2.45) is 0 Å². The van der Waals surface area contributed by atoms with Gasteiger partial charge in [0.25, 0.3) is 5.69 Å². The van der Waals surface area contributed by atoms with Gasteiger partial charge in [-0.1, -0.05) is 12.1 Å². The summed E-state index contributed by atoms with van der Waals surface area (Å²) in [5, 5.41) is 20.3. The van der Waals surface area contributed by atoms with Gasteiger partial charge in [-0.3, -0.25) is 15.0 Å². The van der Waals surface area contributed by atoms with Crippen LogP contribution in [0.3, 0.4) is 0 Å². The van der Waals surface area contributed by atoms with E-state index in [1.54, 1.807) is 6.07 Å². The van der Waals surface area contributed by atoms with Gasteiger partial charge in [0.05, 0.1) is 24.2 Å². The Morgan fingerprint density at radius 2 is 2.20 bits per heavy atom. The van der Waals surface area contributed by atoms with Crippen molar-refractivity contribution >= 4 is 5.69 Å². The maximum absolute atomic E-state index is 10.8. The zero-order valence-corrected chi connectivity index (χ0v) is 11.4. The second-order valence-electron chi connectivity index (χ2n) is 5.09. The van der Waals surface area contributed by atoms with E-state index >= 15 is 0 Å². The Bertz CT molecular complexity index is 535. The van der Waals surface area contributed by atoms with Gasteiger partial charge in [-0.05, 0) is 12.5 Å². The van der Waals surface area contributed by atoms with Gasteiger partial charge in [0.1, 0.15) is 5.54 Å². The highest BCUT2D eigenvalue weighted by atomic mass is 16.6. The Hall–Kier alpha value is -1.97. The molecule has 106 valence electrons. The summed E-state index contributed by atoms with van der Waals surface area (Å²) < 4.78 is 5.30. The van der Waals surface area contributed by atoms with Crippen LogP contribution in [0.25, 0.3) is 0 Å². The van der Waals surface area contributed by atoms with Crippen molar-refractivity contribution in [1.29, 1.82) is 5.26 Å². The van der Waals surface area contributed by atoms with E-state index in [9.17, 15) is 15.4 Å². The molecule has 0 radical (unpaired) electrons. The topological polar surface area (TPSA) is 79.4 Å². The number of nitriles is 1. The van der Waals surface area contributed by atoms with E-state index in [1.807, 2.05) is 13.0 Å². The minimum Gasteiger partial charge on any atom is -0.379 e. The molecule has 2 rings (SSSR count). The predicted molar refractivity (Wildman–Crippen MR) is 73.2 cm³/mol. The van der Waals surface area contributed by atoms with Gasteiger partial charge < -0.3 is 4.74 Å². The van der Waals surface area contributed by atoms with Gasteiger partial charge in [-0.25, -0.2) is 0 Å². The number of hydrogen-bond acceptors (Lipinski definition) is 5. The van der Waals surface area contributed by atoms with Crippen molar-refractivity contribution in [3.63, 3.8) is 0 Å². The molecule has 0 amide bonds. The quantitative estimate of drug-likeness (QED) is 0.618. The molecule has 1 aromatic rings. The van der Waals surface area contributed by atoms with Crippen molar-refractivity contribution < 1.29 is 9.66 Å². The normalized spacial score (nSPS) is 19.0. The lowest BCUT2D eigenvalue weighted by Crippen LogP contribution is -2.52. The van der Waals surface area contributed by atoms with Gasteiger partial charge in [-0.2, -0.15) is 5.26 Å². The number of ether oxygens (including phenoxy) is 1. The third-order valence-electron chi connectivity index (χ3n) is 3.62. The summed E-state index contributed by atoms with van der Waals surface area (Å²) in [5.74, 6) is 0. The molecule has 1 atom stereocenters. The van der Waals surface area contributed by atoms with E-state index in [1.165, 1.54) is 12.1 Å². The summed E-state index contributed by atoms with van der Waals surface area (Å²) in [6.45, 7) is 4.52. The molecular weight excluding hydrogens is 258 g/mol. The van der Waals surface area contributed by atoms with Crippen molar-refractivity contribution in [3.05, 3.63) is 39.9 Å². The molecule has 0 aromatic heterocycles. The summed E-state index contributed by atoms with van der Waals surface area (Å²) in [7, 11) is 0. The Kier molecular flexibility index (Phi) is 4.32. The van der Waals surface area contributed by atoms with Gasteiger partial charge in [-0.15, -0.1) is 0 Å². The Morgan fingerprint density at radius 1 is 1.50 bits per heavy atom. The average Bonchev–Trinajstić information content (AvgIpc) is 2.48. The van der Waals surface area contributed by atoms with Crippen LogP contribution in [-0.4, -0.2) is 41.7 Å². The zero-order valence-electron chi connectivity index (χ0n) is 11.4. The van der Waals surface area contributed by atoms with Crippen LogP contribution in [0.15, 0.2) is 24.3 Å². The van der Waals surface area contributed by atoms with Gasteiger partial charge in [0, 0.05) is 31.6 Å². The monoisotopic (exact) mass is 275 g/mol. The van der Waals surface area contributed by atoms with Crippen molar-refractivity contribution in [3.8, 4) is 6.07 Å². The lowest BCUT2D eigenvalue weighted by atomic mass is 9.91. The standard InChI is InChI=1S/C14H17N3O3/c1-14(11-15,16-5-7-20-8-6-16)10-12-3-2-4-13(9-12)17(18)19/h2-4,9H,5-8,10H2,1H3. The number of rotatable bonds is 4. The highest BCUT2D eigenvalue weighted by Gasteiger charge is 2.33. The third-order valence-corrected chi connectivity index (χ3v) is 3.62. The number of non-ortho nitro benzene ring substituents is 1. The molecule has 1 unspecified atom stereocenters.